The van der Waals surface area contributed by atoms with E-state index >= 15 is 0 Å². The van der Waals surface area contributed by atoms with Gasteiger partial charge >= 0.3 is 30.0 Å². The molecule has 6 nitrogen and oxygen atoms in total. The summed E-state index contributed by atoms with van der Waals surface area (Å²) in [6.07, 6.45) is 16.2. The Balaban J connectivity index is 0.000000239. The molecule has 14 aromatic carbocycles. The molecule has 2 aliphatic rings. The molecule has 2 saturated heterocycles. The molecule has 0 amide bonds. The maximum absolute atomic E-state index is 4.51. The maximum Gasteiger partial charge on any atom is 0.225 e. The molecule has 0 radical (unpaired) electrons. The average molecular weight is 1900 g/mol. The third-order valence-corrected chi connectivity index (χ3v) is 20.7. The Morgan fingerprint density at radius 1 is 0.280 bits per heavy atom. The van der Waals surface area contributed by atoms with Crippen molar-refractivity contribution in [3.8, 4) is 44.5 Å². The van der Waals surface area contributed by atoms with E-state index in [-0.39, 0.29) is 50.1 Å². The van der Waals surface area contributed by atoms with Crippen LogP contribution >= 0.6 is 67.2 Å². The van der Waals surface area contributed by atoms with Gasteiger partial charge in [-0.3, -0.25) is 0 Å². The fourth-order valence-electron chi connectivity index (χ4n) is 12.1. The van der Waals surface area contributed by atoms with E-state index in [9.17, 15) is 0 Å². The van der Waals surface area contributed by atoms with Crippen LogP contribution in [0.1, 0.15) is 55.2 Å². The van der Waals surface area contributed by atoms with Gasteiger partial charge in [-0.1, -0.05) is 370 Å². The number of hydrogen-bond acceptors (Lipinski definition) is 6. The predicted octanol–water partition coefficient (Wildman–Crippen LogP) is 26.5. The fraction of sp³-hybridized carbons (Fsp3) is 0.106. The molecule has 0 saturated carbocycles. The van der Waals surface area contributed by atoms with E-state index in [4.69, 9.17) is 0 Å². The molecule has 0 spiro atoms. The number of rotatable bonds is 11. The van der Waals surface area contributed by atoms with Crippen LogP contribution in [0.25, 0.3) is 44.5 Å². The van der Waals surface area contributed by atoms with Crippen LogP contribution in [-0.2, 0) is 43.2 Å². The first kappa shape index (κ1) is 99.2. The van der Waals surface area contributed by atoms with Gasteiger partial charge in [0.2, 0.25) is 11.9 Å². The Morgan fingerprint density at radius 2 is 0.492 bits per heavy atom. The summed E-state index contributed by atoms with van der Waals surface area (Å²) in [5.41, 5.74) is 13.8. The molecule has 3 atom stereocenters. The van der Waals surface area contributed by atoms with Gasteiger partial charge in [-0.25, -0.2) is 19.9 Å². The second-order valence-corrected chi connectivity index (χ2v) is 29.3. The van der Waals surface area contributed by atoms with Crippen molar-refractivity contribution in [2.24, 2.45) is 0 Å². The van der Waals surface area contributed by atoms with Gasteiger partial charge in [-0.15, -0.1) is 12.1 Å². The minimum absolute atomic E-state index is 0. The largest absolute Gasteiger partial charge is 0.341 e. The predicted molar refractivity (Wildman–Crippen MR) is 524 cm³/mol. The van der Waals surface area contributed by atoms with Crippen LogP contribution in [-0.4, -0.2) is 46.1 Å². The fourth-order valence-corrected chi connectivity index (χ4v) is 14.6. The first-order valence-electron chi connectivity index (χ1n) is 38.7. The summed E-state index contributed by atoms with van der Waals surface area (Å²) < 4.78 is 0.938. The third kappa shape index (κ3) is 38.2. The van der Waals surface area contributed by atoms with E-state index in [1.165, 1.54) is 126 Å². The van der Waals surface area contributed by atoms with Crippen molar-refractivity contribution in [2.75, 3.05) is 36.0 Å². The zero-order chi connectivity index (χ0) is 79.2. The van der Waals surface area contributed by atoms with Gasteiger partial charge < -0.3 is 9.80 Å². The normalized spacial score (nSPS) is 11.0. The van der Waals surface area contributed by atoms with Crippen LogP contribution in [0.5, 0.6) is 0 Å². The number of halogens is 2. The molecule has 3 unspecified atom stereocenters. The van der Waals surface area contributed by atoms with Crippen LogP contribution in [0.15, 0.2) is 454 Å². The van der Waals surface area contributed by atoms with E-state index in [0.29, 0.717) is 0 Å². The zero-order valence-electron chi connectivity index (χ0n) is 67.2. The van der Waals surface area contributed by atoms with Crippen LogP contribution in [0.2, 0.25) is 0 Å². The van der Waals surface area contributed by atoms with E-state index in [1.54, 1.807) is 12.4 Å². The first-order valence-corrected chi connectivity index (χ1v) is 47.8. The number of anilines is 2. The quantitative estimate of drug-likeness (QED) is 0.0731. The van der Waals surface area contributed by atoms with Gasteiger partial charge in [0, 0.05) is 77.8 Å². The summed E-state index contributed by atoms with van der Waals surface area (Å²) in [6, 6.07) is 148. The van der Waals surface area contributed by atoms with E-state index < -0.39 is 7.92 Å². The van der Waals surface area contributed by atoms with Crippen LogP contribution in [0.4, 0.5) is 11.9 Å². The van der Waals surface area contributed by atoms with Crippen molar-refractivity contribution in [3.05, 3.63) is 484 Å². The Bertz CT molecular complexity index is 4430. The SMILES string of the molecule is Brc1cnc(N2CCCCC2)nc1.P.P.P.[CH2-]c1ccccc1.[Pd].[Zn+][Br].[c-]1ccccc1.c1ccc(-c2ccccc2)cc1.c1ccc(-c2ccccc2)cc1.c1ccc(-c2ccccc2)cc1.c1ccc(-c2ccccc2)cc1.c1ccc(Cc2cnc(N3CCCCC3)nc2)cc1.c1ccc(P(c2ccccc2)c2ccccc2)cc1. The van der Waals surface area contributed by atoms with Gasteiger partial charge in [-0.05, 0) is 134 Å². The summed E-state index contributed by atoms with van der Waals surface area (Å²) >= 11 is 7.58. The van der Waals surface area contributed by atoms with Crippen LogP contribution in [0.3, 0.4) is 0 Å². The number of hydrogen-bond donors (Lipinski definition) is 0. The molecular weight excluding hydrogens is 1790 g/mol. The van der Waals surface area contributed by atoms with Gasteiger partial charge in [0.15, 0.2) is 0 Å². The number of benzene rings is 14. The van der Waals surface area contributed by atoms with Crippen molar-refractivity contribution < 1.29 is 36.8 Å². The average Bonchev–Trinajstić information content (AvgIpc) is 0.817. The molecule has 2 aliphatic heterocycles. The van der Waals surface area contributed by atoms with Gasteiger partial charge in [0.1, 0.15) is 0 Å². The van der Waals surface area contributed by atoms with Crippen LogP contribution < -0.4 is 25.7 Å². The second-order valence-electron chi connectivity index (χ2n) is 26.2. The topological polar surface area (TPSA) is 58.0 Å². The number of piperidine rings is 2. The molecule has 600 valence electrons. The summed E-state index contributed by atoms with van der Waals surface area (Å²) in [5, 5.41) is 4.19. The molecule has 2 fully saturated rings. The van der Waals surface area contributed by atoms with Gasteiger partial charge in [0.05, 0.1) is 4.47 Å². The first-order chi connectivity index (χ1) is 56.5. The molecule has 118 heavy (non-hydrogen) atoms. The Labute approximate surface area is 753 Å². The van der Waals surface area contributed by atoms with E-state index in [1.807, 2.05) is 128 Å². The van der Waals surface area contributed by atoms with Crippen molar-refractivity contribution in [1.29, 1.82) is 0 Å². The van der Waals surface area contributed by atoms with Crippen molar-refractivity contribution in [2.45, 2.75) is 44.9 Å². The molecule has 16 aromatic rings. The Kier molecular flexibility index (Phi) is 52.1. The Hall–Kier alpha value is -9.32. The molecule has 0 N–H and O–H groups in total. The molecular formula is C104H107Br2N6P4PdZn-. The van der Waals surface area contributed by atoms with Crippen LogP contribution in [0, 0.1) is 13.0 Å². The van der Waals surface area contributed by atoms with Crippen molar-refractivity contribution in [1.82, 2.24) is 19.9 Å². The van der Waals surface area contributed by atoms with Gasteiger partial charge in [-0.2, -0.15) is 90.7 Å². The van der Waals surface area contributed by atoms with E-state index in [0.717, 1.165) is 54.5 Å². The van der Waals surface area contributed by atoms with Crippen molar-refractivity contribution >= 4 is 95.0 Å². The molecule has 14 heteroatoms. The second kappa shape index (κ2) is 61.9. The molecule has 18 rings (SSSR count). The smallest absolute Gasteiger partial charge is 0.225 e. The molecule has 4 heterocycles. The van der Waals surface area contributed by atoms with Gasteiger partial charge in [0.25, 0.3) is 0 Å². The zero-order valence-corrected chi connectivity index (χ0v) is 80.1. The summed E-state index contributed by atoms with van der Waals surface area (Å²) in [7, 11) is -0.446. The molecule has 0 bridgehead atoms. The summed E-state index contributed by atoms with van der Waals surface area (Å²) in [5.74, 6) is 1.75. The monoisotopic (exact) mass is 1890 g/mol. The minimum Gasteiger partial charge on any atom is -0.341 e. The molecule has 2 aromatic heterocycles. The minimum atomic E-state index is -0.446. The number of nitrogens with zero attached hydrogens (tertiary/aromatic N) is 6. The van der Waals surface area contributed by atoms with Crippen molar-refractivity contribution in [3.63, 3.8) is 0 Å². The summed E-state index contributed by atoms with van der Waals surface area (Å²) in [6.45, 7) is 8.11. The molecule has 0 aliphatic carbocycles. The maximum atomic E-state index is 4.51. The number of aromatic nitrogens is 4. The third-order valence-electron chi connectivity index (χ3n) is 17.8. The standard InChI is InChI=1S/C18H15P.C16H19N3.4C12H10.C9H12BrN3.C7H7.C6H5.BrH.3H3P.Pd.Zn/c1-4-10-16(11-5-1)19(17-12-6-2-7-13-17)18-14-8-3-9-15-18;1-3-7-14(8-4-1)11-15-12-17-16(18-13-15)19-9-5-2-6-10-19;4*1-3-7-11(8-4-1)12-9-5-2-6-10-12;10-8-6-11-9(12-7-8)13-4-2-1-3-5-13;1-7-5-3-2-4-6-7;1-2-4-6-5-3-1;;;;;;/h1-15H;1,3-4,7-8,12-13H,2,5-6,9-11H2;4*1-10H;6-7H,1-5H2;2-6H,1H2;1-5H;1H;3*1H3;;/q;;;;;;;2*-1;;;;;;+2/p-1. The summed E-state index contributed by atoms with van der Waals surface area (Å²) in [4.78, 5) is 22.1. The Morgan fingerprint density at radius 3 is 0.703 bits per heavy atom. The van der Waals surface area contributed by atoms with E-state index in [2.05, 4.69) is 382 Å².